The smallest absolute Gasteiger partial charge is 0.228 e. The van der Waals surface area contributed by atoms with Gasteiger partial charge < -0.3 is 9.64 Å². The van der Waals surface area contributed by atoms with Crippen molar-refractivity contribution in [3.05, 3.63) is 11.8 Å². The van der Waals surface area contributed by atoms with Crippen molar-refractivity contribution in [2.24, 2.45) is 0 Å². The molecule has 1 atom stereocenters. The van der Waals surface area contributed by atoms with E-state index in [1.165, 1.54) is 0 Å². The third-order valence-electron chi connectivity index (χ3n) is 2.31. The number of anilines is 1. The first kappa shape index (κ1) is 13.0. The molecule has 5 heteroatoms. The first-order chi connectivity index (χ1) is 7.58. The van der Waals surface area contributed by atoms with Crippen LogP contribution in [-0.4, -0.2) is 35.5 Å². The average molecular weight is 244 g/mol. The van der Waals surface area contributed by atoms with Gasteiger partial charge in [0.05, 0.1) is 6.61 Å². The van der Waals surface area contributed by atoms with Crippen molar-refractivity contribution >= 4 is 17.5 Å². The molecule has 0 aromatic carbocycles. The number of aromatic nitrogens is 2. The summed E-state index contributed by atoms with van der Waals surface area (Å²) in [5, 5.41) is 0. The molecule has 0 spiro atoms. The lowest BCUT2D eigenvalue weighted by Gasteiger charge is -2.23. The second-order valence-corrected chi connectivity index (χ2v) is 4.00. The normalized spacial score (nSPS) is 12.3. The van der Waals surface area contributed by atoms with Crippen LogP contribution in [0.4, 0.5) is 5.95 Å². The van der Waals surface area contributed by atoms with Crippen LogP contribution < -0.4 is 9.64 Å². The third-order valence-corrected chi connectivity index (χ3v) is 2.76. The van der Waals surface area contributed by atoms with Crippen molar-refractivity contribution in [3.8, 4) is 5.88 Å². The molecular weight excluding hydrogens is 226 g/mol. The quantitative estimate of drug-likeness (QED) is 0.744. The van der Waals surface area contributed by atoms with Gasteiger partial charge in [-0.3, -0.25) is 0 Å². The summed E-state index contributed by atoms with van der Waals surface area (Å²) < 4.78 is 5.38. The monoisotopic (exact) mass is 243 g/mol. The Hall–Kier alpha value is -1.03. The molecule has 0 aliphatic carbocycles. The van der Waals surface area contributed by atoms with Crippen molar-refractivity contribution in [2.45, 2.75) is 26.8 Å². The fourth-order valence-electron chi connectivity index (χ4n) is 1.20. The minimum absolute atomic E-state index is 0.193. The Kier molecular flexibility index (Phi) is 4.80. The molecule has 16 heavy (non-hydrogen) atoms. The fourth-order valence-corrected chi connectivity index (χ4v) is 1.41. The summed E-state index contributed by atoms with van der Waals surface area (Å²) in [5.74, 6) is 1.80. The molecule has 0 fully saturated rings. The molecular formula is C11H18ClN3O. The molecule has 0 bridgehead atoms. The average Bonchev–Trinajstić information content (AvgIpc) is 2.26. The van der Waals surface area contributed by atoms with E-state index < -0.39 is 0 Å². The summed E-state index contributed by atoms with van der Waals surface area (Å²) in [6.07, 6.45) is 0. The highest BCUT2D eigenvalue weighted by atomic mass is 35.5. The molecule has 1 unspecified atom stereocenters. The first-order valence-electron chi connectivity index (χ1n) is 5.35. The minimum Gasteiger partial charge on any atom is -0.478 e. The second kappa shape index (κ2) is 5.89. The van der Waals surface area contributed by atoms with Gasteiger partial charge in [-0.15, -0.1) is 11.6 Å². The molecule has 1 rings (SSSR count). The van der Waals surface area contributed by atoms with Gasteiger partial charge in [-0.2, -0.15) is 4.98 Å². The van der Waals surface area contributed by atoms with Crippen LogP contribution in [0, 0.1) is 6.92 Å². The Morgan fingerprint density at radius 1 is 1.50 bits per heavy atom. The van der Waals surface area contributed by atoms with Gasteiger partial charge in [0.25, 0.3) is 0 Å². The number of hydrogen-bond acceptors (Lipinski definition) is 4. The van der Waals surface area contributed by atoms with Crippen molar-refractivity contribution in [2.75, 3.05) is 24.4 Å². The van der Waals surface area contributed by atoms with Crippen molar-refractivity contribution in [3.63, 3.8) is 0 Å². The standard InChI is InChI=1S/C11H18ClN3O/c1-5-16-10-6-8(2)13-11(14-10)15(4)9(3)7-12/h6,9H,5,7H2,1-4H3. The highest BCUT2D eigenvalue weighted by Gasteiger charge is 2.13. The van der Waals surface area contributed by atoms with Gasteiger partial charge >= 0.3 is 0 Å². The van der Waals surface area contributed by atoms with E-state index in [-0.39, 0.29) is 6.04 Å². The Labute approximate surface area is 102 Å². The summed E-state index contributed by atoms with van der Waals surface area (Å²) in [6.45, 7) is 6.48. The van der Waals surface area contributed by atoms with Crippen LogP contribution in [0.1, 0.15) is 19.5 Å². The maximum absolute atomic E-state index is 5.81. The van der Waals surface area contributed by atoms with E-state index in [1.807, 2.05) is 38.8 Å². The number of nitrogens with zero attached hydrogens (tertiary/aromatic N) is 3. The summed E-state index contributed by atoms with van der Waals surface area (Å²) in [6, 6.07) is 2.02. The lowest BCUT2D eigenvalue weighted by Crippen LogP contribution is -2.31. The molecule has 0 aliphatic rings. The van der Waals surface area contributed by atoms with E-state index in [0.29, 0.717) is 24.3 Å². The van der Waals surface area contributed by atoms with Gasteiger partial charge in [0.2, 0.25) is 11.8 Å². The third kappa shape index (κ3) is 3.23. The van der Waals surface area contributed by atoms with E-state index in [0.717, 1.165) is 5.69 Å². The summed E-state index contributed by atoms with van der Waals surface area (Å²) >= 11 is 5.81. The second-order valence-electron chi connectivity index (χ2n) is 3.69. The van der Waals surface area contributed by atoms with Crippen LogP contribution in [-0.2, 0) is 0 Å². The topological polar surface area (TPSA) is 38.2 Å². The Bertz CT molecular complexity index is 346. The Balaban J connectivity index is 2.94. The van der Waals surface area contributed by atoms with Crippen LogP contribution >= 0.6 is 11.6 Å². The van der Waals surface area contributed by atoms with E-state index >= 15 is 0 Å². The molecule has 0 saturated heterocycles. The Morgan fingerprint density at radius 3 is 2.75 bits per heavy atom. The van der Waals surface area contributed by atoms with Crippen LogP contribution in [0.5, 0.6) is 5.88 Å². The highest BCUT2D eigenvalue weighted by Crippen LogP contribution is 2.16. The minimum atomic E-state index is 0.193. The molecule has 4 nitrogen and oxygen atoms in total. The van der Waals surface area contributed by atoms with Crippen LogP contribution in [0.25, 0.3) is 0 Å². The SMILES string of the molecule is CCOc1cc(C)nc(N(C)C(C)CCl)n1. The molecule has 1 heterocycles. The highest BCUT2D eigenvalue weighted by molar-refractivity contribution is 6.18. The zero-order chi connectivity index (χ0) is 12.1. The number of rotatable bonds is 5. The molecule has 0 N–H and O–H groups in total. The van der Waals surface area contributed by atoms with E-state index in [4.69, 9.17) is 16.3 Å². The van der Waals surface area contributed by atoms with Gasteiger partial charge in [0, 0.05) is 30.7 Å². The zero-order valence-electron chi connectivity index (χ0n) is 10.2. The maximum atomic E-state index is 5.81. The summed E-state index contributed by atoms with van der Waals surface area (Å²) in [7, 11) is 1.93. The van der Waals surface area contributed by atoms with Gasteiger partial charge in [-0.25, -0.2) is 4.98 Å². The molecule has 1 aromatic rings. The number of ether oxygens (including phenoxy) is 1. The lowest BCUT2D eigenvalue weighted by atomic mass is 10.3. The van der Waals surface area contributed by atoms with Crippen molar-refractivity contribution < 1.29 is 4.74 Å². The van der Waals surface area contributed by atoms with Gasteiger partial charge in [0.1, 0.15) is 0 Å². The molecule has 90 valence electrons. The van der Waals surface area contributed by atoms with Gasteiger partial charge in [-0.05, 0) is 20.8 Å². The number of hydrogen-bond donors (Lipinski definition) is 0. The molecule has 1 aromatic heterocycles. The molecule has 0 aliphatic heterocycles. The molecule has 0 radical (unpaired) electrons. The summed E-state index contributed by atoms with van der Waals surface area (Å²) in [5.41, 5.74) is 0.891. The van der Waals surface area contributed by atoms with Gasteiger partial charge in [-0.1, -0.05) is 0 Å². The largest absolute Gasteiger partial charge is 0.478 e. The van der Waals surface area contributed by atoms with E-state index in [9.17, 15) is 0 Å². The maximum Gasteiger partial charge on any atom is 0.228 e. The molecule has 0 amide bonds. The fraction of sp³-hybridized carbons (Fsp3) is 0.636. The lowest BCUT2D eigenvalue weighted by molar-refractivity contribution is 0.326. The Morgan fingerprint density at radius 2 is 2.19 bits per heavy atom. The zero-order valence-corrected chi connectivity index (χ0v) is 11.0. The van der Waals surface area contributed by atoms with E-state index in [2.05, 4.69) is 9.97 Å². The van der Waals surface area contributed by atoms with Crippen LogP contribution in [0.3, 0.4) is 0 Å². The predicted octanol–water partition coefficient (Wildman–Crippen LogP) is 2.25. The predicted molar refractivity (Wildman–Crippen MR) is 66.5 cm³/mol. The van der Waals surface area contributed by atoms with Crippen LogP contribution in [0.2, 0.25) is 0 Å². The number of halogens is 1. The molecule has 0 saturated carbocycles. The van der Waals surface area contributed by atoms with Crippen molar-refractivity contribution in [1.29, 1.82) is 0 Å². The van der Waals surface area contributed by atoms with Gasteiger partial charge in [0.15, 0.2) is 0 Å². The van der Waals surface area contributed by atoms with Crippen molar-refractivity contribution in [1.82, 2.24) is 9.97 Å². The van der Waals surface area contributed by atoms with Crippen LogP contribution in [0.15, 0.2) is 6.07 Å². The summed E-state index contributed by atoms with van der Waals surface area (Å²) in [4.78, 5) is 10.6. The first-order valence-corrected chi connectivity index (χ1v) is 5.89. The number of aryl methyl sites for hydroxylation is 1. The van der Waals surface area contributed by atoms with E-state index in [1.54, 1.807) is 0 Å². The number of alkyl halides is 1.